The summed E-state index contributed by atoms with van der Waals surface area (Å²) in [4.78, 5) is 0. The van der Waals surface area contributed by atoms with Crippen LogP contribution in [-0.4, -0.2) is 21.5 Å². The van der Waals surface area contributed by atoms with Crippen LogP contribution in [0.15, 0.2) is 24.3 Å². The Morgan fingerprint density at radius 3 is 2.40 bits per heavy atom. The van der Waals surface area contributed by atoms with Gasteiger partial charge in [0.1, 0.15) is 0 Å². The average molecular weight is 298 g/mol. The minimum absolute atomic E-state index is 0.000455. The Morgan fingerprint density at radius 2 is 1.85 bits per heavy atom. The van der Waals surface area contributed by atoms with Gasteiger partial charge in [-0.05, 0) is 30.5 Å². The fourth-order valence-electron chi connectivity index (χ4n) is 2.22. The molecule has 0 aromatic heterocycles. The van der Waals surface area contributed by atoms with Crippen LogP contribution < -0.4 is 10.0 Å². The van der Waals surface area contributed by atoms with Crippen molar-refractivity contribution in [3.8, 4) is 0 Å². The van der Waals surface area contributed by atoms with E-state index in [1.807, 2.05) is 52.1 Å². The maximum absolute atomic E-state index is 12.2. The quantitative estimate of drug-likeness (QED) is 0.774. The molecule has 4 nitrogen and oxygen atoms in total. The Balaban J connectivity index is 2.77. The van der Waals surface area contributed by atoms with Crippen LogP contribution in [0.25, 0.3) is 0 Å². The van der Waals surface area contributed by atoms with Crippen LogP contribution in [0.3, 0.4) is 0 Å². The summed E-state index contributed by atoms with van der Waals surface area (Å²) in [5.74, 6) is 0.332. The third-order valence-electron chi connectivity index (χ3n) is 3.30. The van der Waals surface area contributed by atoms with Gasteiger partial charge in [-0.2, -0.15) is 0 Å². The lowest BCUT2D eigenvalue weighted by Gasteiger charge is -2.20. The van der Waals surface area contributed by atoms with Gasteiger partial charge in [-0.3, -0.25) is 0 Å². The standard InChI is InChI=1S/C15H26N2O2S/c1-5-15(12(2)3)17-20(18,19)11-14-8-6-7-13(9-14)10-16-4/h6-9,12,15-17H,5,10-11H2,1-4H3. The molecule has 1 atom stereocenters. The van der Waals surface area contributed by atoms with Gasteiger partial charge in [0.2, 0.25) is 10.0 Å². The third-order valence-corrected chi connectivity index (χ3v) is 4.68. The molecule has 2 N–H and O–H groups in total. The number of nitrogens with one attached hydrogen (secondary N) is 2. The van der Waals surface area contributed by atoms with E-state index < -0.39 is 10.0 Å². The Kier molecular flexibility index (Phi) is 6.65. The van der Waals surface area contributed by atoms with Crippen molar-refractivity contribution in [3.63, 3.8) is 0 Å². The fourth-order valence-corrected chi connectivity index (χ4v) is 3.82. The third kappa shape index (κ3) is 5.61. The molecule has 0 aliphatic heterocycles. The van der Waals surface area contributed by atoms with Gasteiger partial charge in [-0.1, -0.05) is 45.0 Å². The molecule has 1 aromatic rings. The maximum atomic E-state index is 12.2. The van der Waals surface area contributed by atoms with Gasteiger partial charge in [0.25, 0.3) is 0 Å². The molecule has 0 amide bonds. The number of rotatable bonds is 8. The zero-order chi connectivity index (χ0) is 15.2. The Bertz CT molecular complexity index is 512. The fraction of sp³-hybridized carbons (Fsp3) is 0.600. The average Bonchev–Trinajstić information content (AvgIpc) is 2.36. The van der Waals surface area contributed by atoms with E-state index in [4.69, 9.17) is 0 Å². The molecule has 20 heavy (non-hydrogen) atoms. The molecule has 1 rings (SSSR count). The number of hydrogen-bond donors (Lipinski definition) is 2. The molecule has 114 valence electrons. The first-order valence-corrected chi connectivity index (χ1v) is 8.75. The van der Waals surface area contributed by atoms with E-state index in [1.165, 1.54) is 0 Å². The highest BCUT2D eigenvalue weighted by Crippen LogP contribution is 2.12. The first-order valence-electron chi connectivity index (χ1n) is 7.10. The second-order valence-corrected chi connectivity index (χ2v) is 7.24. The normalized spacial score (nSPS) is 13.7. The zero-order valence-corrected chi connectivity index (χ0v) is 13.6. The van der Waals surface area contributed by atoms with E-state index in [0.717, 1.165) is 24.1 Å². The molecule has 0 bridgehead atoms. The van der Waals surface area contributed by atoms with Gasteiger partial charge in [0, 0.05) is 12.6 Å². The Labute approximate surface area is 123 Å². The summed E-state index contributed by atoms with van der Waals surface area (Å²) in [6, 6.07) is 7.68. The Morgan fingerprint density at radius 1 is 1.20 bits per heavy atom. The summed E-state index contributed by atoms with van der Waals surface area (Å²) < 4.78 is 27.2. The van der Waals surface area contributed by atoms with E-state index in [9.17, 15) is 8.42 Å². The van der Waals surface area contributed by atoms with Gasteiger partial charge in [-0.25, -0.2) is 13.1 Å². The van der Waals surface area contributed by atoms with E-state index in [-0.39, 0.29) is 11.8 Å². The molecule has 5 heteroatoms. The van der Waals surface area contributed by atoms with Crippen LogP contribution in [0.5, 0.6) is 0 Å². The molecular formula is C15H26N2O2S. The van der Waals surface area contributed by atoms with E-state index in [0.29, 0.717) is 5.92 Å². The van der Waals surface area contributed by atoms with Gasteiger partial charge >= 0.3 is 0 Å². The van der Waals surface area contributed by atoms with Crippen molar-refractivity contribution < 1.29 is 8.42 Å². The molecule has 0 saturated heterocycles. The molecule has 1 aromatic carbocycles. The van der Waals surface area contributed by atoms with Gasteiger partial charge < -0.3 is 5.32 Å². The van der Waals surface area contributed by atoms with Crippen molar-refractivity contribution >= 4 is 10.0 Å². The van der Waals surface area contributed by atoms with Gasteiger partial charge in [0.15, 0.2) is 0 Å². The lowest BCUT2D eigenvalue weighted by molar-refractivity contribution is 0.437. The Hall–Kier alpha value is -0.910. The minimum Gasteiger partial charge on any atom is -0.316 e. The van der Waals surface area contributed by atoms with Crippen molar-refractivity contribution in [1.29, 1.82) is 0 Å². The van der Waals surface area contributed by atoms with Crippen molar-refractivity contribution in [2.45, 2.75) is 45.5 Å². The molecule has 0 radical (unpaired) electrons. The monoisotopic (exact) mass is 298 g/mol. The van der Waals surface area contributed by atoms with E-state index in [2.05, 4.69) is 10.0 Å². The largest absolute Gasteiger partial charge is 0.316 e. The molecule has 1 unspecified atom stereocenters. The van der Waals surface area contributed by atoms with Crippen LogP contribution in [0.4, 0.5) is 0 Å². The lowest BCUT2D eigenvalue weighted by atomic mass is 10.0. The first kappa shape index (κ1) is 17.1. The summed E-state index contributed by atoms with van der Waals surface area (Å²) in [5.41, 5.74) is 1.92. The second-order valence-electron chi connectivity index (χ2n) is 5.49. The van der Waals surface area contributed by atoms with Crippen LogP contribution >= 0.6 is 0 Å². The van der Waals surface area contributed by atoms with Crippen molar-refractivity contribution in [1.82, 2.24) is 10.0 Å². The lowest BCUT2D eigenvalue weighted by Crippen LogP contribution is -2.38. The zero-order valence-electron chi connectivity index (χ0n) is 12.8. The second kappa shape index (κ2) is 7.76. The number of benzene rings is 1. The molecule has 0 aliphatic carbocycles. The molecule has 0 spiro atoms. The van der Waals surface area contributed by atoms with Crippen molar-refractivity contribution in [2.75, 3.05) is 7.05 Å². The van der Waals surface area contributed by atoms with Crippen molar-refractivity contribution in [3.05, 3.63) is 35.4 Å². The van der Waals surface area contributed by atoms with E-state index in [1.54, 1.807) is 0 Å². The highest BCUT2D eigenvalue weighted by molar-refractivity contribution is 7.88. The summed E-state index contributed by atoms with van der Waals surface area (Å²) in [6.45, 7) is 6.81. The molecule has 0 saturated carbocycles. The van der Waals surface area contributed by atoms with Crippen LogP contribution in [0, 0.1) is 5.92 Å². The first-order chi connectivity index (χ1) is 9.38. The van der Waals surface area contributed by atoms with Gasteiger partial charge in [-0.15, -0.1) is 0 Å². The summed E-state index contributed by atoms with van der Waals surface area (Å²) in [5, 5.41) is 3.07. The summed E-state index contributed by atoms with van der Waals surface area (Å²) in [7, 11) is -1.42. The summed E-state index contributed by atoms with van der Waals surface area (Å²) in [6.07, 6.45) is 0.802. The van der Waals surface area contributed by atoms with Crippen LogP contribution in [-0.2, 0) is 22.3 Å². The minimum atomic E-state index is -3.29. The number of sulfonamides is 1. The van der Waals surface area contributed by atoms with Crippen LogP contribution in [0.1, 0.15) is 38.3 Å². The molecule has 0 heterocycles. The predicted molar refractivity (Wildman–Crippen MR) is 83.9 cm³/mol. The molecular weight excluding hydrogens is 272 g/mol. The summed E-state index contributed by atoms with van der Waals surface area (Å²) >= 11 is 0. The predicted octanol–water partition coefficient (Wildman–Crippen LogP) is 2.26. The number of hydrogen-bond acceptors (Lipinski definition) is 3. The van der Waals surface area contributed by atoms with Crippen molar-refractivity contribution in [2.24, 2.45) is 5.92 Å². The smallest absolute Gasteiger partial charge is 0.216 e. The SMILES string of the molecule is CCC(NS(=O)(=O)Cc1cccc(CNC)c1)C(C)C. The van der Waals surface area contributed by atoms with E-state index >= 15 is 0 Å². The topological polar surface area (TPSA) is 58.2 Å². The maximum Gasteiger partial charge on any atom is 0.216 e. The molecule has 0 fully saturated rings. The molecule has 0 aliphatic rings. The highest BCUT2D eigenvalue weighted by atomic mass is 32.2. The van der Waals surface area contributed by atoms with Crippen LogP contribution in [0.2, 0.25) is 0 Å². The highest BCUT2D eigenvalue weighted by Gasteiger charge is 2.19. The van der Waals surface area contributed by atoms with Gasteiger partial charge in [0.05, 0.1) is 5.75 Å².